The molecule has 0 unspecified atom stereocenters. The van der Waals surface area contributed by atoms with E-state index in [0.717, 1.165) is 16.8 Å². The third-order valence-corrected chi connectivity index (χ3v) is 3.99. The molecule has 0 atom stereocenters. The van der Waals surface area contributed by atoms with Crippen LogP contribution in [0.5, 0.6) is 5.88 Å². The molecule has 0 radical (unpaired) electrons. The second kappa shape index (κ2) is 7.32. The second-order valence-electron chi connectivity index (χ2n) is 7.23. The Hall–Kier alpha value is -2.63. The van der Waals surface area contributed by atoms with Crippen LogP contribution in [0.2, 0.25) is 0 Å². The van der Waals surface area contributed by atoms with Gasteiger partial charge in [-0.2, -0.15) is 4.98 Å². The average Bonchev–Trinajstić information content (AvgIpc) is 2.61. The molecular formula is C20H25N3O3. The zero-order valence-corrected chi connectivity index (χ0v) is 15.8. The van der Waals surface area contributed by atoms with Crippen LogP contribution in [-0.4, -0.2) is 39.7 Å². The monoisotopic (exact) mass is 355 g/mol. The van der Waals surface area contributed by atoms with E-state index in [2.05, 4.69) is 4.98 Å². The number of nitrogens with zero attached hydrogens (tertiary/aromatic N) is 3. The molecule has 1 aromatic carbocycles. The van der Waals surface area contributed by atoms with E-state index >= 15 is 0 Å². The topological polar surface area (TPSA) is 64.6 Å². The molecule has 2 heterocycles. The van der Waals surface area contributed by atoms with Crippen molar-refractivity contribution in [2.24, 2.45) is 0 Å². The molecule has 0 bridgehead atoms. The molecule has 3 rings (SSSR count). The molecule has 1 aromatic heterocycles. The predicted octanol–water partition coefficient (Wildman–Crippen LogP) is 3.84. The zero-order chi connectivity index (χ0) is 18.7. The summed E-state index contributed by atoms with van der Waals surface area (Å²) in [5.74, 6) is 1.20. The van der Waals surface area contributed by atoms with Gasteiger partial charge in [0.2, 0.25) is 5.88 Å². The molecule has 2 aromatic rings. The van der Waals surface area contributed by atoms with Crippen LogP contribution in [-0.2, 0) is 17.7 Å². The summed E-state index contributed by atoms with van der Waals surface area (Å²) in [6.45, 7) is 8.99. The molecule has 0 aliphatic carbocycles. The summed E-state index contributed by atoms with van der Waals surface area (Å²) in [4.78, 5) is 23.4. The van der Waals surface area contributed by atoms with Gasteiger partial charge in [-0.15, -0.1) is 0 Å². The molecule has 6 heteroatoms. The van der Waals surface area contributed by atoms with Gasteiger partial charge in [0.05, 0.1) is 24.4 Å². The van der Waals surface area contributed by atoms with Crippen LogP contribution >= 0.6 is 0 Å². The van der Waals surface area contributed by atoms with E-state index in [-0.39, 0.29) is 6.09 Å². The van der Waals surface area contributed by atoms with Crippen LogP contribution in [0, 0.1) is 0 Å². The van der Waals surface area contributed by atoms with Gasteiger partial charge < -0.3 is 14.4 Å². The van der Waals surface area contributed by atoms with Crippen LogP contribution in [0.25, 0.3) is 11.4 Å². The first-order valence-electron chi connectivity index (χ1n) is 8.93. The van der Waals surface area contributed by atoms with Crippen molar-refractivity contribution in [3.8, 4) is 17.3 Å². The molecule has 0 saturated carbocycles. The van der Waals surface area contributed by atoms with Gasteiger partial charge in [0, 0.05) is 18.5 Å². The van der Waals surface area contributed by atoms with E-state index in [0.29, 0.717) is 37.8 Å². The molecule has 0 fully saturated rings. The summed E-state index contributed by atoms with van der Waals surface area (Å²) in [5.41, 5.74) is 2.23. The van der Waals surface area contributed by atoms with Crippen LogP contribution in [0.15, 0.2) is 30.3 Å². The number of benzene rings is 1. The van der Waals surface area contributed by atoms with Crippen molar-refractivity contribution >= 4 is 6.09 Å². The molecule has 1 amide bonds. The highest BCUT2D eigenvalue weighted by molar-refractivity contribution is 5.69. The average molecular weight is 355 g/mol. The number of hydrogen-bond donors (Lipinski definition) is 0. The third-order valence-electron chi connectivity index (χ3n) is 3.99. The SMILES string of the molecule is CCOc1nc(-c2ccccc2)nc2c1CN(C(=O)OC(C)(C)C)CC2. The van der Waals surface area contributed by atoms with Crippen LogP contribution < -0.4 is 4.74 Å². The summed E-state index contributed by atoms with van der Waals surface area (Å²) in [7, 11) is 0. The van der Waals surface area contributed by atoms with Gasteiger partial charge in [-0.05, 0) is 27.7 Å². The first-order chi connectivity index (χ1) is 12.4. The van der Waals surface area contributed by atoms with Gasteiger partial charge in [0.1, 0.15) is 5.60 Å². The lowest BCUT2D eigenvalue weighted by Gasteiger charge is -2.31. The van der Waals surface area contributed by atoms with E-state index in [4.69, 9.17) is 14.5 Å². The number of aromatic nitrogens is 2. The number of carbonyl (C=O) groups excluding carboxylic acids is 1. The molecule has 138 valence electrons. The second-order valence-corrected chi connectivity index (χ2v) is 7.23. The first-order valence-corrected chi connectivity index (χ1v) is 8.93. The van der Waals surface area contributed by atoms with Crippen molar-refractivity contribution in [2.45, 2.75) is 46.3 Å². The van der Waals surface area contributed by atoms with E-state index in [9.17, 15) is 4.79 Å². The van der Waals surface area contributed by atoms with Crippen molar-refractivity contribution < 1.29 is 14.3 Å². The maximum Gasteiger partial charge on any atom is 0.410 e. The van der Waals surface area contributed by atoms with Gasteiger partial charge in [0.15, 0.2) is 5.82 Å². The fraction of sp³-hybridized carbons (Fsp3) is 0.450. The van der Waals surface area contributed by atoms with E-state index in [1.54, 1.807) is 4.90 Å². The predicted molar refractivity (Wildman–Crippen MR) is 99.0 cm³/mol. The van der Waals surface area contributed by atoms with Crippen LogP contribution in [0.1, 0.15) is 39.0 Å². The summed E-state index contributed by atoms with van der Waals surface area (Å²) < 4.78 is 11.3. The number of carbonyl (C=O) groups is 1. The maximum absolute atomic E-state index is 12.4. The summed E-state index contributed by atoms with van der Waals surface area (Å²) in [6, 6.07) is 9.84. The summed E-state index contributed by atoms with van der Waals surface area (Å²) in [6.07, 6.45) is 0.328. The summed E-state index contributed by atoms with van der Waals surface area (Å²) in [5, 5.41) is 0. The lowest BCUT2D eigenvalue weighted by molar-refractivity contribution is 0.0220. The van der Waals surface area contributed by atoms with Crippen LogP contribution in [0.4, 0.5) is 4.79 Å². The van der Waals surface area contributed by atoms with Crippen molar-refractivity contribution in [1.82, 2.24) is 14.9 Å². The molecule has 1 aliphatic heterocycles. The quantitative estimate of drug-likeness (QED) is 0.837. The fourth-order valence-electron chi connectivity index (χ4n) is 2.84. The van der Waals surface area contributed by atoms with Gasteiger partial charge in [0.25, 0.3) is 0 Å². The minimum absolute atomic E-state index is 0.322. The van der Waals surface area contributed by atoms with Crippen molar-refractivity contribution in [3.05, 3.63) is 41.6 Å². The number of amides is 1. The van der Waals surface area contributed by atoms with E-state index in [1.807, 2.05) is 58.0 Å². The van der Waals surface area contributed by atoms with E-state index < -0.39 is 5.60 Å². The van der Waals surface area contributed by atoms with Gasteiger partial charge in [-0.3, -0.25) is 0 Å². The Balaban J connectivity index is 1.91. The highest BCUT2D eigenvalue weighted by Gasteiger charge is 2.29. The van der Waals surface area contributed by atoms with Crippen molar-refractivity contribution in [1.29, 1.82) is 0 Å². The Morgan fingerprint density at radius 2 is 1.92 bits per heavy atom. The Kier molecular flexibility index (Phi) is 5.11. The van der Waals surface area contributed by atoms with Crippen LogP contribution in [0.3, 0.4) is 0 Å². The van der Waals surface area contributed by atoms with Crippen molar-refractivity contribution in [3.63, 3.8) is 0 Å². The number of rotatable bonds is 3. The fourth-order valence-corrected chi connectivity index (χ4v) is 2.84. The molecular weight excluding hydrogens is 330 g/mol. The minimum atomic E-state index is -0.520. The maximum atomic E-state index is 12.4. The van der Waals surface area contributed by atoms with Gasteiger partial charge in [-0.25, -0.2) is 9.78 Å². The standard InChI is InChI=1S/C20H25N3O3/c1-5-25-18-15-13-23(19(24)26-20(2,3)4)12-11-16(15)21-17(22-18)14-9-7-6-8-10-14/h6-10H,5,11-13H2,1-4H3. The Morgan fingerprint density at radius 3 is 2.58 bits per heavy atom. The number of hydrogen-bond acceptors (Lipinski definition) is 5. The third kappa shape index (κ3) is 4.12. The molecule has 1 aliphatic rings. The van der Waals surface area contributed by atoms with Gasteiger partial charge >= 0.3 is 6.09 Å². The zero-order valence-electron chi connectivity index (χ0n) is 15.8. The lowest BCUT2D eigenvalue weighted by Crippen LogP contribution is -2.40. The van der Waals surface area contributed by atoms with E-state index in [1.165, 1.54) is 0 Å². The molecule has 0 N–H and O–H groups in total. The molecule has 0 saturated heterocycles. The number of fused-ring (bicyclic) bond motifs is 1. The first kappa shape index (κ1) is 18.2. The highest BCUT2D eigenvalue weighted by Crippen LogP contribution is 2.29. The smallest absolute Gasteiger partial charge is 0.410 e. The van der Waals surface area contributed by atoms with Gasteiger partial charge in [-0.1, -0.05) is 30.3 Å². The minimum Gasteiger partial charge on any atom is -0.478 e. The lowest BCUT2D eigenvalue weighted by atomic mass is 10.1. The molecule has 0 spiro atoms. The van der Waals surface area contributed by atoms with Crippen molar-refractivity contribution in [2.75, 3.05) is 13.2 Å². The summed E-state index contributed by atoms with van der Waals surface area (Å²) >= 11 is 0. The number of ether oxygens (including phenoxy) is 2. The Labute approximate surface area is 154 Å². The Morgan fingerprint density at radius 1 is 1.19 bits per heavy atom. The highest BCUT2D eigenvalue weighted by atomic mass is 16.6. The molecule has 26 heavy (non-hydrogen) atoms. The molecule has 6 nitrogen and oxygen atoms in total. The largest absolute Gasteiger partial charge is 0.478 e. The normalized spacial score (nSPS) is 13.9. The Bertz CT molecular complexity index is 785.